The molecule has 0 aliphatic rings. The summed E-state index contributed by atoms with van der Waals surface area (Å²) in [7, 11) is 0. The molecular formula is C27H22N4O4. The van der Waals surface area contributed by atoms with Gasteiger partial charge in [-0.25, -0.2) is 9.59 Å². The van der Waals surface area contributed by atoms with Crippen molar-refractivity contribution in [2.24, 2.45) is 0 Å². The van der Waals surface area contributed by atoms with Gasteiger partial charge < -0.3 is 21.1 Å². The van der Waals surface area contributed by atoms with Gasteiger partial charge in [-0.1, -0.05) is 36.4 Å². The first kappa shape index (κ1) is 23.2. The monoisotopic (exact) mass is 466 g/mol. The van der Waals surface area contributed by atoms with E-state index in [1.165, 1.54) is 30.5 Å². The number of aromatic carboxylic acids is 1. The molecule has 35 heavy (non-hydrogen) atoms. The maximum absolute atomic E-state index is 12.6. The minimum absolute atomic E-state index is 0.114. The van der Waals surface area contributed by atoms with E-state index in [4.69, 9.17) is 0 Å². The summed E-state index contributed by atoms with van der Waals surface area (Å²) < 4.78 is 0. The van der Waals surface area contributed by atoms with Crippen LogP contribution in [0.2, 0.25) is 0 Å². The first-order chi connectivity index (χ1) is 16.9. The number of urea groups is 1. The molecule has 4 N–H and O–H groups in total. The number of carboxylic acids is 1. The molecule has 4 rings (SSSR count). The average Bonchev–Trinajstić information content (AvgIpc) is 2.85. The summed E-state index contributed by atoms with van der Waals surface area (Å²) in [4.78, 5) is 40.5. The summed E-state index contributed by atoms with van der Waals surface area (Å²) in [6.45, 7) is 1.82. The number of allylic oxidation sites excluding steroid dienone is 1. The lowest BCUT2D eigenvalue weighted by atomic mass is 10.0. The molecule has 3 amide bonds. The Labute approximate surface area is 201 Å². The van der Waals surface area contributed by atoms with Crippen LogP contribution in [-0.2, 0) is 4.79 Å². The molecule has 0 aliphatic carbocycles. The number of carbonyl (C=O) groups is 3. The van der Waals surface area contributed by atoms with Gasteiger partial charge in [0.1, 0.15) is 0 Å². The van der Waals surface area contributed by atoms with E-state index in [0.29, 0.717) is 5.69 Å². The van der Waals surface area contributed by atoms with Crippen molar-refractivity contribution in [2.75, 3.05) is 16.0 Å². The Bertz CT molecular complexity index is 1450. The number of hydrogen-bond donors (Lipinski definition) is 4. The van der Waals surface area contributed by atoms with Crippen LogP contribution >= 0.6 is 0 Å². The first-order valence-corrected chi connectivity index (χ1v) is 10.7. The van der Waals surface area contributed by atoms with Crippen molar-refractivity contribution < 1.29 is 19.5 Å². The van der Waals surface area contributed by atoms with Crippen LogP contribution < -0.4 is 16.0 Å². The van der Waals surface area contributed by atoms with E-state index in [0.717, 1.165) is 21.9 Å². The van der Waals surface area contributed by atoms with Crippen molar-refractivity contribution >= 4 is 51.3 Å². The molecule has 174 valence electrons. The number of rotatable bonds is 6. The van der Waals surface area contributed by atoms with Gasteiger partial charge in [-0.15, -0.1) is 0 Å². The molecule has 0 saturated carbocycles. The zero-order valence-electron chi connectivity index (χ0n) is 18.8. The number of pyridine rings is 1. The van der Waals surface area contributed by atoms with Crippen LogP contribution in [0, 0.1) is 0 Å². The fourth-order valence-corrected chi connectivity index (χ4v) is 3.52. The molecule has 3 aromatic carbocycles. The lowest BCUT2D eigenvalue weighted by molar-refractivity contribution is -0.111. The summed E-state index contributed by atoms with van der Waals surface area (Å²) in [6, 6.07) is 20.8. The third-order valence-electron chi connectivity index (χ3n) is 5.24. The molecule has 1 aromatic heterocycles. The minimum Gasteiger partial charge on any atom is -0.478 e. The molecule has 8 heteroatoms. The summed E-state index contributed by atoms with van der Waals surface area (Å²) >= 11 is 0. The Morgan fingerprint density at radius 2 is 1.60 bits per heavy atom. The van der Waals surface area contributed by atoms with Crippen molar-refractivity contribution in [3.05, 3.63) is 102 Å². The largest absolute Gasteiger partial charge is 0.478 e. The molecule has 0 aliphatic heterocycles. The van der Waals surface area contributed by atoms with Gasteiger partial charge in [-0.3, -0.25) is 9.78 Å². The number of amides is 3. The normalized spacial score (nSPS) is 11.1. The lowest BCUT2D eigenvalue weighted by Gasteiger charge is -2.11. The highest BCUT2D eigenvalue weighted by Gasteiger charge is 2.14. The van der Waals surface area contributed by atoms with Gasteiger partial charge in [0.2, 0.25) is 5.91 Å². The van der Waals surface area contributed by atoms with Gasteiger partial charge in [-0.05, 0) is 65.2 Å². The second-order valence-corrected chi connectivity index (χ2v) is 7.76. The van der Waals surface area contributed by atoms with Gasteiger partial charge in [0, 0.05) is 18.0 Å². The molecule has 0 atom stereocenters. The Morgan fingerprint density at radius 3 is 2.34 bits per heavy atom. The number of hydrogen-bond acceptors (Lipinski definition) is 4. The van der Waals surface area contributed by atoms with E-state index < -0.39 is 17.9 Å². The van der Waals surface area contributed by atoms with E-state index in [9.17, 15) is 19.5 Å². The van der Waals surface area contributed by atoms with E-state index >= 15 is 0 Å². The highest BCUT2D eigenvalue weighted by molar-refractivity contribution is 6.08. The Kier molecular flexibility index (Phi) is 6.83. The Morgan fingerprint density at radius 1 is 0.829 bits per heavy atom. The molecule has 1 heterocycles. The maximum atomic E-state index is 12.6. The molecule has 8 nitrogen and oxygen atoms in total. The van der Waals surface area contributed by atoms with Crippen molar-refractivity contribution in [2.45, 2.75) is 6.92 Å². The average molecular weight is 466 g/mol. The third-order valence-corrected chi connectivity index (χ3v) is 5.24. The zero-order chi connectivity index (χ0) is 24.8. The topological polar surface area (TPSA) is 120 Å². The van der Waals surface area contributed by atoms with Crippen molar-refractivity contribution in [3.63, 3.8) is 0 Å². The number of carboxylic acid groups (broad SMARTS) is 1. The van der Waals surface area contributed by atoms with Gasteiger partial charge in [0.15, 0.2) is 0 Å². The van der Waals surface area contributed by atoms with Gasteiger partial charge in [0.05, 0.1) is 23.1 Å². The number of aromatic nitrogens is 1. The SMILES string of the molecule is C/C(=C/C(=O)Nc1ccc(NC(=O)Nc2cccnc2)cc1C(=O)O)c1ccc2ccccc2c1. The molecule has 0 radical (unpaired) electrons. The minimum atomic E-state index is -1.24. The second kappa shape index (κ2) is 10.3. The fraction of sp³-hybridized carbons (Fsp3) is 0.0370. The quantitative estimate of drug-likeness (QED) is 0.275. The number of benzene rings is 3. The second-order valence-electron chi connectivity index (χ2n) is 7.76. The van der Waals surface area contributed by atoms with Gasteiger partial charge >= 0.3 is 12.0 Å². The van der Waals surface area contributed by atoms with Crippen LogP contribution in [-0.4, -0.2) is 28.0 Å². The highest BCUT2D eigenvalue weighted by Crippen LogP contribution is 2.23. The fourth-order valence-electron chi connectivity index (χ4n) is 3.52. The van der Waals surface area contributed by atoms with E-state index in [2.05, 4.69) is 20.9 Å². The Balaban J connectivity index is 1.48. The van der Waals surface area contributed by atoms with Crippen molar-refractivity contribution in [3.8, 4) is 0 Å². The number of fused-ring (bicyclic) bond motifs is 1. The van der Waals surface area contributed by atoms with Crippen LogP contribution in [0.1, 0.15) is 22.8 Å². The van der Waals surface area contributed by atoms with Crippen molar-refractivity contribution in [1.29, 1.82) is 0 Å². The number of carbonyl (C=O) groups excluding carboxylic acids is 2. The summed E-state index contributed by atoms with van der Waals surface area (Å²) in [5.74, 6) is -1.71. The molecule has 0 spiro atoms. The highest BCUT2D eigenvalue weighted by atomic mass is 16.4. The summed E-state index contributed by atoms with van der Waals surface area (Å²) in [5, 5.41) is 19.6. The maximum Gasteiger partial charge on any atom is 0.337 e. The zero-order valence-corrected chi connectivity index (χ0v) is 18.8. The Hall–Kier alpha value is -4.98. The number of anilines is 3. The van der Waals surface area contributed by atoms with Crippen molar-refractivity contribution in [1.82, 2.24) is 4.98 Å². The smallest absolute Gasteiger partial charge is 0.337 e. The predicted octanol–water partition coefficient (Wildman–Crippen LogP) is 5.62. The van der Waals surface area contributed by atoms with E-state index in [1.54, 1.807) is 18.3 Å². The standard InChI is InChI=1S/C27H22N4O4/c1-17(19-9-8-18-5-2-3-6-20(18)14-19)13-25(32)31-24-11-10-21(15-23(24)26(33)34)29-27(35)30-22-7-4-12-28-16-22/h2-16H,1H3,(H,31,32)(H,33,34)(H2,29,30,35)/b17-13-. The summed E-state index contributed by atoms with van der Waals surface area (Å²) in [6.07, 6.45) is 4.48. The third kappa shape index (κ3) is 5.88. The number of nitrogens with one attached hydrogen (secondary N) is 3. The van der Waals surface area contributed by atoms with Crippen LogP contribution in [0.5, 0.6) is 0 Å². The lowest BCUT2D eigenvalue weighted by Crippen LogP contribution is -2.20. The summed E-state index contributed by atoms with van der Waals surface area (Å²) in [5.41, 5.74) is 2.31. The van der Waals surface area contributed by atoms with Crippen LogP contribution in [0.3, 0.4) is 0 Å². The van der Waals surface area contributed by atoms with Gasteiger partial charge in [-0.2, -0.15) is 0 Å². The van der Waals surface area contributed by atoms with E-state index in [1.807, 2.05) is 49.4 Å². The molecule has 0 unspecified atom stereocenters. The predicted molar refractivity (Wildman–Crippen MR) is 137 cm³/mol. The molecule has 4 aromatic rings. The number of nitrogens with zero attached hydrogens (tertiary/aromatic N) is 1. The molecule has 0 bridgehead atoms. The first-order valence-electron chi connectivity index (χ1n) is 10.7. The van der Waals surface area contributed by atoms with Gasteiger partial charge in [0.25, 0.3) is 0 Å². The molecule has 0 saturated heterocycles. The van der Waals surface area contributed by atoms with Crippen LogP contribution in [0.25, 0.3) is 16.3 Å². The van der Waals surface area contributed by atoms with Crippen LogP contribution in [0.4, 0.5) is 21.9 Å². The molecule has 0 fully saturated rings. The molecular weight excluding hydrogens is 444 g/mol. The van der Waals surface area contributed by atoms with E-state index in [-0.39, 0.29) is 16.9 Å². The van der Waals surface area contributed by atoms with Crippen LogP contribution in [0.15, 0.2) is 91.3 Å².